The molecule has 0 spiro atoms. The van der Waals surface area contributed by atoms with E-state index < -0.39 is 6.10 Å². The van der Waals surface area contributed by atoms with Gasteiger partial charge in [0, 0.05) is 15.8 Å². The van der Waals surface area contributed by atoms with Gasteiger partial charge in [-0.05, 0) is 65.3 Å². The van der Waals surface area contributed by atoms with Crippen LogP contribution in [0.3, 0.4) is 0 Å². The van der Waals surface area contributed by atoms with E-state index in [1.807, 2.05) is 41.8 Å². The smallest absolute Gasteiger partial charge is 0.227 e. The van der Waals surface area contributed by atoms with Gasteiger partial charge in [-0.15, -0.1) is 0 Å². The van der Waals surface area contributed by atoms with E-state index in [0.29, 0.717) is 30.4 Å². The lowest BCUT2D eigenvalue weighted by atomic mass is 10.1. The van der Waals surface area contributed by atoms with Crippen molar-refractivity contribution in [1.29, 1.82) is 0 Å². The Morgan fingerprint density at radius 2 is 1.94 bits per heavy atom. The van der Waals surface area contributed by atoms with Crippen molar-refractivity contribution in [2.45, 2.75) is 45.5 Å². The molecule has 0 bridgehead atoms. The molecule has 0 fully saturated rings. The molecule has 2 atom stereocenters. The number of hydrogen-bond donors (Lipinski definition) is 4. The van der Waals surface area contributed by atoms with Crippen molar-refractivity contribution in [3.63, 3.8) is 0 Å². The third kappa shape index (κ3) is 5.53. The second-order valence-corrected chi connectivity index (χ2v) is 9.27. The van der Waals surface area contributed by atoms with Crippen molar-refractivity contribution in [2.75, 3.05) is 16.4 Å². The molecule has 2 unspecified atom stereocenters. The van der Waals surface area contributed by atoms with Gasteiger partial charge in [0.05, 0.1) is 25.0 Å². The molecule has 8 nitrogen and oxygen atoms in total. The third-order valence-electron chi connectivity index (χ3n) is 5.55. The zero-order chi connectivity index (χ0) is 23.4. The number of hydrogen-bond acceptors (Lipinski definition) is 7. The van der Waals surface area contributed by atoms with Crippen LogP contribution < -0.4 is 16.4 Å². The highest BCUT2D eigenvalue weighted by Crippen LogP contribution is 2.24. The van der Waals surface area contributed by atoms with Crippen molar-refractivity contribution >= 4 is 51.2 Å². The highest BCUT2D eigenvalue weighted by Gasteiger charge is 2.18. The van der Waals surface area contributed by atoms with Crippen molar-refractivity contribution in [2.24, 2.45) is 0 Å². The van der Waals surface area contributed by atoms with Crippen LogP contribution in [0, 0.1) is 3.57 Å². The van der Waals surface area contributed by atoms with Crippen LogP contribution >= 0.6 is 22.6 Å². The number of nitrogens with two attached hydrogens (primary N) is 1. The van der Waals surface area contributed by atoms with Gasteiger partial charge in [-0.1, -0.05) is 37.3 Å². The summed E-state index contributed by atoms with van der Waals surface area (Å²) in [5.41, 5.74) is 10.4. The molecule has 4 rings (SSSR count). The number of anilines is 3. The number of nitrogen functional groups attached to an aromatic ring is 1. The topological polar surface area (TPSA) is 114 Å². The number of nitrogens with zero attached hydrogens (tertiary/aromatic N) is 4. The quantitative estimate of drug-likeness (QED) is 0.180. The summed E-state index contributed by atoms with van der Waals surface area (Å²) in [6.07, 6.45) is 1.99. The van der Waals surface area contributed by atoms with E-state index in [1.54, 1.807) is 13.3 Å². The summed E-state index contributed by atoms with van der Waals surface area (Å²) in [6, 6.07) is 16.0. The molecule has 2 aromatic carbocycles. The minimum Gasteiger partial charge on any atom is -0.398 e. The molecule has 5 N–H and O–H groups in total. The Morgan fingerprint density at radius 1 is 1.15 bits per heavy atom. The molecule has 0 saturated carbocycles. The molecule has 0 radical (unpaired) electrons. The van der Waals surface area contributed by atoms with Crippen molar-refractivity contribution < 1.29 is 5.11 Å². The first kappa shape index (κ1) is 23.2. The molecule has 33 heavy (non-hydrogen) atoms. The van der Waals surface area contributed by atoms with Crippen LogP contribution in [0.25, 0.3) is 11.2 Å². The summed E-state index contributed by atoms with van der Waals surface area (Å²) >= 11 is 2.27. The Kier molecular flexibility index (Phi) is 7.29. The SMILES string of the molecule is CCC(Nc1nc(NCc2cc(I)ccc2N)c2ncn(Cc3ccccc3)c2n1)C(C)O. The van der Waals surface area contributed by atoms with Gasteiger partial charge in [0.2, 0.25) is 5.95 Å². The Bertz CT molecular complexity index is 1230. The van der Waals surface area contributed by atoms with Gasteiger partial charge in [0.15, 0.2) is 17.0 Å². The van der Waals surface area contributed by atoms with Crippen molar-refractivity contribution in [3.05, 3.63) is 69.6 Å². The summed E-state index contributed by atoms with van der Waals surface area (Å²) in [7, 11) is 0. The Balaban J connectivity index is 1.71. The Hall–Kier alpha value is -2.92. The Morgan fingerprint density at radius 3 is 2.67 bits per heavy atom. The molecular formula is C24H28IN7O. The summed E-state index contributed by atoms with van der Waals surface area (Å²) in [6.45, 7) is 4.93. The van der Waals surface area contributed by atoms with E-state index in [2.05, 4.69) is 56.4 Å². The summed E-state index contributed by atoms with van der Waals surface area (Å²) < 4.78 is 3.12. The van der Waals surface area contributed by atoms with Crippen LogP contribution in [-0.4, -0.2) is 36.8 Å². The van der Waals surface area contributed by atoms with Crippen molar-refractivity contribution in [1.82, 2.24) is 19.5 Å². The first-order chi connectivity index (χ1) is 15.9. The number of fused-ring (bicyclic) bond motifs is 1. The maximum absolute atomic E-state index is 10.1. The minimum atomic E-state index is -0.536. The van der Waals surface area contributed by atoms with Gasteiger partial charge < -0.3 is 26.0 Å². The fraction of sp³-hybridized carbons (Fsp3) is 0.292. The molecule has 2 heterocycles. The number of aromatic nitrogens is 4. The first-order valence-corrected chi connectivity index (χ1v) is 12.0. The number of benzene rings is 2. The van der Waals surface area contributed by atoms with Gasteiger partial charge in [-0.2, -0.15) is 9.97 Å². The third-order valence-corrected chi connectivity index (χ3v) is 6.22. The number of aliphatic hydroxyl groups is 1. The van der Waals surface area contributed by atoms with Crippen LogP contribution in [0.1, 0.15) is 31.4 Å². The number of nitrogens with one attached hydrogen (secondary N) is 2. The normalized spacial score (nSPS) is 13.1. The van der Waals surface area contributed by atoms with Gasteiger partial charge >= 0.3 is 0 Å². The standard InChI is InChI=1S/C24H28IN7O/c1-3-20(15(2)33)29-24-30-22(27-12-17-11-18(25)9-10-19(17)26)21-23(31-24)32(14-28-21)13-16-7-5-4-6-8-16/h4-11,14-15,20,33H,3,12-13,26H2,1-2H3,(H2,27,29,30,31). The van der Waals surface area contributed by atoms with E-state index in [1.165, 1.54) is 0 Å². The molecule has 4 aromatic rings. The molecule has 0 aliphatic rings. The first-order valence-electron chi connectivity index (χ1n) is 10.9. The average molecular weight is 557 g/mol. The number of rotatable bonds is 9. The van der Waals surface area contributed by atoms with E-state index in [-0.39, 0.29) is 6.04 Å². The molecule has 0 aliphatic carbocycles. The van der Waals surface area contributed by atoms with Gasteiger partial charge in [-0.25, -0.2) is 4.98 Å². The summed E-state index contributed by atoms with van der Waals surface area (Å²) in [5.74, 6) is 1.07. The molecule has 0 amide bonds. The monoisotopic (exact) mass is 557 g/mol. The largest absolute Gasteiger partial charge is 0.398 e. The van der Waals surface area contributed by atoms with Gasteiger partial charge in [-0.3, -0.25) is 0 Å². The zero-order valence-electron chi connectivity index (χ0n) is 18.7. The summed E-state index contributed by atoms with van der Waals surface area (Å²) in [5, 5.41) is 16.8. The lowest BCUT2D eigenvalue weighted by Gasteiger charge is -2.20. The zero-order valence-corrected chi connectivity index (χ0v) is 20.8. The molecule has 172 valence electrons. The van der Waals surface area contributed by atoms with E-state index >= 15 is 0 Å². The maximum Gasteiger partial charge on any atom is 0.227 e. The minimum absolute atomic E-state index is 0.160. The summed E-state index contributed by atoms with van der Waals surface area (Å²) in [4.78, 5) is 14.1. The highest BCUT2D eigenvalue weighted by molar-refractivity contribution is 14.1. The van der Waals surface area contributed by atoms with Crippen LogP contribution in [0.5, 0.6) is 0 Å². The van der Waals surface area contributed by atoms with E-state index in [0.717, 1.165) is 32.5 Å². The van der Waals surface area contributed by atoms with E-state index in [9.17, 15) is 5.11 Å². The van der Waals surface area contributed by atoms with Gasteiger partial charge in [0.1, 0.15) is 0 Å². The van der Waals surface area contributed by atoms with Crippen LogP contribution in [0.2, 0.25) is 0 Å². The lowest BCUT2D eigenvalue weighted by Crippen LogP contribution is -2.31. The molecule has 2 aromatic heterocycles. The van der Waals surface area contributed by atoms with Crippen LogP contribution in [0.15, 0.2) is 54.9 Å². The second kappa shape index (κ2) is 10.3. The number of imidazole rings is 1. The lowest BCUT2D eigenvalue weighted by molar-refractivity contribution is 0.169. The van der Waals surface area contributed by atoms with Gasteiger partial charge in [0.25, 0.3) is 0 Å². The number of halogens is 1. The molecule has 0 saturated heterocycles. The molecule has 9 heteroatoms. The van der Waals surface area contributed by atoms with E-state index in [4.69, 9.17) is 15.7 Å². The predicted molar refractivity (Wildman–Crippen MR) is 141 cm³/mol. The van der Waals surface area contributed by atoms with Crippen LogP contribution in [0.4, 0.5) is 17.5 Å². The molecule has 0 aliphatic heterocycles. The predicted octanol–water partition coefficient (Wildman–Crippen LogP) is 4.24. The fourth-order valence-corrected chi connectivity index (χ4v) is 4.22. The second-order valence-electron chi connectivity index (χ2n) is 8.02. The maximum atomic E-state index is 10.1. The van der Waals surface area contributed by atoms with Crippen molar-refractivity contribution in [3.8, 4) is 0 Å². The molecular weight excluding hydrogens is 529 g/mol. The average Bonchev–Trinajstić information content (AvgIpc) is 3.21. The van der Waals surface area contributed by atoms with Crippen LogP contribution in [-0.2, 0) is 13.1 Å². The highest BCUT2D eigenvalue weighted by atomic mass is 127. The Labute approximate surface area is 206 Å². The number of aliphatic hydroxyl groups excluding tert-OH is 1. The fourth-order valence-electron chi connectivity index (χ4n) is 3.66.